The molecule has 11 N–H and O–H groups in total. The Hall–Kier alpha value is -1.27. The molecule has 23 atom stereocenters. The molecule has 3 heterocycles. The second kappa shape index (κ2) is 18.5. The van der Waals surface area contributed by atoms with Crippen LogP contribution in [0.2, 0.25) is 0 Å². The van der Waals surface area contributed by atoms with E-state index in [-0.39, 0.29) is 55.0 Å². The molecule has 23 unspecified atom stereocenters. The number of aliphatic hydroxyl groups is 11. The van der Waals surface area contributed by atoms with E-state index in [1.807, 2.05) is 0 Å². The highest BCUT2D eigenvalue weighted by molar-refractivity contribution is 5.86. The third-order valence-electron chi connectivity index (χ3n) is 17.7. The summed E-state index contributed by atoms with van der Waals surface area (Å²) in [5.41, 5.74) is -4.88. The minimum absolute atomic E-state index is 0.0305. The maximum Gasteiger partial charge on any atom is 0.187 e. The fraction of sp³-hybridized carbons (Fsp3) is 0.936. The largest absolute Gasteiger partial charge is 0.394 e. The van der Waals surface area contributed by atoms with Crippen molar-refractivity contribution in [2.75, 3.05) is 19.8 Å². The quantitative estimate of drug-likeness (QED) is 0.0892. The molecule has 18 nitrogen and oxygen atoms in total. The summed E-state index contributed by atoms with van der Waals surface area (Å²) in [6.07, 6.45) is -12.8. The molecule has 0 amide bonds. The highest BCUT2D eigenvalue weighted by Gasteiger charge is 2.73. The molecule has 4 aliphatic carbocycles. The van der Waals surface area contributed by atoms with Crippen LogP contribution >= 0.6 is 0 Å². The molecular formula is C47H78O18. The second-order valence-electron chi connectivity index (χ2n) is 22.7. The maximum atomic E-state index is 14.6. The Morgan fingerprint density at radius 1 is 0.754 bits per heavy atom. The summed E-state index contributed by atoms with van der Waals surface area (Å²) in [5.74, 6) is -1.16. The molecule has 4 saturated carbocycles. The summed E-state index contributed by atoms with van der Waals surface area (Å²) in [4.78, 5) is 14.6. The van der Waals surface area contributed by atoms with Crippen LogP contribution in [0.5, 0.6) is 0 Å². The van der Waals surface area contributed by atoms with Gasteiger partial charge in [0, 0.05) is 17.8 Å². The number of carbonyl (C=O) groups excluding carboxylic acids is 1. The van der Waals surface area contributed by atoms with Gasteiger partial charge in [-0.3, -0.25) is 4.79 Å². The van der Waals surface area contributed by atoms with Crippen LogP contribution in [0.25, 0.3) is 0 Å². The number of hydrogen-bond donors (Lipinski definition) is 11. The van der Waals surface area contributed by atoms with Gasteiger partial charge in [-0.15, -0.1) is 0 Å². The summed E-state index contributed by atoms with van der Waals surface area (Å²) in [5, 5.41) is 118. The first kappa shape index (κ1) is 51.6. The van der Waals surface area contributed by atoms with Crippen LogP contribution in [-0.2, 0) is 33.2 Å². The molecule has 7 aliphatic rings. The van der Waals surface area contributed by atoms with Gasteiger partial charge in [-0.2, -0.15) is 0 Å². The van der Waals surface area contributed by atoms with E-state index >= 15 is 0 Å². The predicted octanol–water partition coefficient (Wildman–Crippen LogP) is -0.209. The predicted molar refractivity (Wildman–Crippen MR) is 228 cm³/mol. The second-order valence-corrected chi connectivity index (χ2v) is 22.7. The van der Waals surface area contributed by atoms with Crippen molar-refractivity contribution in [3.8, 4) is 0 Å². The van der Waals surface area contributed by atoms with E-state index in [0.29, 0.717) is 32.1 Å². The zero-order valence-electron chi connectivity index (χ0n) is 39.2. The summed E-state index contributed by atoms with van der Waals surface area (Å²) >= 11 is 0. The van der Waals surface area contributed by atoms with Gasteiger partial charge in [-0.1, -0.05) is 39.8 Å². The molecule has 3 saturated heterocycles. The fourth-order valence-corrected chi connectivity index (χ4v) is 14.2. The molecule has 65 heavy (non-hydrogen) atoms. The van der Waals surface area contributed by atoms with Crippen molar-refractivity contribution in [1.82, 2.24) is 0 Å². The van der Waals surface area contributed by atoms with Crippen LogP contribution in [0.3, 0.4) is 0 Å². The van der Waals surface area contributed by atoms with Gasteiger partial charge in [0.25, 0.3) is 0 Å². The summed E-state index contributed by atoms with van der Waals surface area (Å²) in [6.45, 7) is 14.3. The average molecular weight is 931 g/mol. The minimum atomic E-state index is -1.66. The Bertz CT molecular complexity index is 1700. The van der Waals surface area contributed by atoms with E-state index in [2.05, 4.69) is 27.7 Å². The van der Waals surface area contributed by atoms with Crippen molar-refractivity contribution < 1.29 is 89.4 Å². The molecule has 0 aromatic rings. The van der Waals surface area contributed by atoms with E-state index in [0.717, 1.165) is 6.42 Å². The number of rotatable bonds is 12. The van der Waals surface area contributed by atoms with Crippen LogP contribution in [0.4, 0.5) is 0 Å². The SMILES string of the molecule is CC1OC(OC2C(OC3CCC4(C)C(CCC5(C)C4CCC4C(C(C)(O)CC=CC(C)(C)O)C(=O)CC45COC4OC(CO)C(O)C(O)C4O)C3(C)C)OCC(O)C2O)C(O)C(O)C1O. The molecule has 0 bridgehead atoms. The van der Waals surface area contributed by atoms with E-state index < -0.39 is 132 Å². The van der Waals surface area contributed by atoms with Crippen molar-refractivity contribution in [3.63, 3.8) is 0 Å². The van der Waals surface area contributed by atoms with Crippen LogP contribution < -0.4 is 0 Å². The number of ketones is 1. The van der Waals surface area contributed by atoms with Gasteiger partial charge < -0.3 is 84.6 Å². The van der Waals surface area contributed by atoms with Crippen molar-refractivity contribution in [3.05, 3.63) is 12.2 Å². The number of Topliss-reactive ketones (excluding diaryl/α,β-unsaturated/α-hetero) is 1. The average Bonchev–Trinajstić information content (AvgIpc) is 3.54. The number of hydrogen-bond acceptors (Lipinski definition) is 18. The third kappa shape index (κ3) is 8.96. The fourth-order valence-electron chi connectivity index (χ4n) is 14.2. The topological polar surface area (TPSA) is 295 Å². The molecule has 7 rings (SSSR count). The van der Waals surface area contributed by atoms with Gasteiger partial charge >= 0.3 is 0 Å². The van der Waals surface area contributed by atoms with Gasteiger partial charge in [0.2, 0.25) is 0 Å². The van der Waals surface area contributed by atoms with Crippen molar-refractivity contribution in [2.24, 2.45) is 45.3 Å². The normalized spacial score (nSPS) is 51.2. The number of carbonyl (C=O) groups is 1. The standard InChI is InChI=1S/C47H78O18/c1-22-31(51)34(54)37(57)40(62-22)65-38-32(52)25(50)20-60-41(38)64-29-13-16-44(6)27(43(29,4)5)12-17-45(7)28(44)11-10-23-30(46(8,59)15-9-14-42(2,3)58)24(49)18-47(23,45)21-61-39-36(56)35(55)33(53)26(19-48)63-39/h9,14,22-23,25-41,48,50-59H,10-13,15-21H2,1-8H3. The smallest absolute Gasteiger partial charge is 0.187 e. The maximum absolute atomic E-state index is 14.6. The van der Waals surface area contributed by atoms with Crippen LogP contribution in [0.1, 0.15) is 107 Å². The molecule has 374 valence electrons. The Morgan fingerprint density at radius 3 is 2.08 bits per heavy atom. The summed E-state index contributed by atoms with van der Waals surface area (Å²) in [6, 6.07) is 0. The summed E-state index contributed by atoms with van der Waals surface area (Å²) in [7, 11) is 0. The van der Waals surface area contributed by atoms with Crippen LogP contribution in [0, 0.1) is 45.3 Å². The highest BCUT2D eigenvalue weighted by Crippen LogP contribution is 2.76. The van der Waals surface area contributed by atoms with Crippen molar-refractivity contribution >= 4 is 5.78 Å². The van der Waals surface area contributed by atoms with E-state index in [9.17, 15) is 61.0 Å². The Morgan fingerprint density at radius 2 is 1.42 bits per heavy atom. The van der Waals surface area contributed by atoms with Crippen molar-refractivity contribution in [2.45, 2.75) is 210 Å². The molecule has 7 fully saturated rings. The summed E-state index contributed by atoms with van der Waals surface area (Å²) < 4.78 is 36.8. The van der Waals surface area contributed by atoms with Gasteiger partial charge in [0.1, 0.15) is 66.8 Å². The molecular weight excluding hydrogens is 852 g/mol. The van der Waals surface area contributed by atoms with Gasteiger partial charge in [0.05, 0.1) is 43.2 Å². The first-order valence-corrected chi connectivity index (χ1v) is 23.7. The number of aliphatic hydroxyl groups excluding tert-OH is 9. The Balaban J connectivity index is 1.17. The van der Waals surface area contributed by atoms with Crippen LogP contribution in [-0.4, -0.2) is 185 Å². The lowest BCUT2D eigenvalue weighted by atomic mass is 9.35. The third-order valence-corrected chi connectivity index (χ3v) is 17.7. The van der Waals surface area contributed by atoms with E-state index in [1.165, 1.54) is 6.92 Å². The number of fused-ring (bicyclic) bond motifs is 5. The molecule has 0 radical (unpaired) electrons. The molecule has 0 aromatic heterocycles. The lowest BCUT2D eigenvalue weighted by molar-refractivity contribution is -0.365. The lowest BCUT2D eigenvalue weighted by Gasteiger charge is -2.70. The minimum Gasteiger partial charge on any atom is -0.394 e. The highest BCUT2D eigenvalue weighted by atomic mass is 16.8. The Kier molecular flexibility index (Phi) is 14.7. The lowest BCUT2D eigenvalue weighted by Crippen LogP contribution is -2.67. The van der Waals surface area contributed by atoms with Gasteiger partial charge in [-0.05, 0) is 107 Å². The van der Waals surface area contributed by atoms with Crippen LogP contribution in [0.15, 0.2) is 12.2 Å². The first-order valence-electron chi connectivity index (χ1n) is 23.7. The van der Waals surface area contributed by atoms with E-state index in [4.69, 9.17) is 28.4 Å². The molecule has 0 aromatic carbocycles. The number of ether oxygens (including phenoxy) is 6. The molecule has 0 spiro atoms. The first-order chi connectivity index (χ1) is 30.1. The van der Waals surface area contributed by atoms with E-state index in [1.54, 1.807) is 32.9 Å². The molecule has 3 aliphatic heterocycles. The monoisotopic (exact) mass is 931 g/mol. The van der Waals surface area contributed by atoms with Gasteiger partial charge in [-0.25, -0.2) is 0 Å². The van der Waals surface area contributed by atoms with Gasteiger partial charge in [0.15, 0.2) is 18.9 Å². The Labute approximate surface area is 381 Å². The zero-order chi connectivity index (χ0) is 48.0. The van der Waals surface area contributed by atoms with Crippen molar-refractivity contribution in [1.29, 1.82) is 0 Å². The zero-order valence-corrected chi connectivity index (χ0v) is 39.2. The molecule has 18 heteroatoms.